The standard InChI is InChI=1S/C5H11N5O3S/c6-3-4-9-10-5(13-4)8-1-2-14(7,11)12/h1-3,6H2,(H,8,10)(H2,7,11,12). The zero-order valence-corrected chi connectivity index (χ0v) is 8.12. The van der Waals surface area contributed by atoms with E-state index < -0.39 is 10.0 Å². The number of nitrogens with two attached hydrogens (primary N) is 2. The number of hydrogen-bond donors (Lipinski definition) is 3. The molecule has 1 aromatic heterocycles. The number of aromatic nitrogens is 2. The Morgan fingerprint density at radius 2 is 2.14 bits per heavy atom. The lowest BCUT2D eigenvalue weighted by Gasteiger charge is -1.98. The zero-order chi connectivity index (χ0) is 10.6. The first-order chi connectivity index (χ1) is 6.51. The van der Waals surface area contributed by atoms with Gasteiger partial charge >= 0.3 is 6.01 Å². The van der Waals surface area contributed by atoms with Crippen LogP contribution in [-0.2, 0) is 16.6 Å². The Morgan fingerprint density at radius 1 is 1.43 bits per heavy atom. The van der Waals surface area contributed by atoms with Crippen molar-refractivity contribution < 1.29 is 12.8 Å². The molecule has 0 aliphatic carbocycles. The summed E-state index contributed by atoms with van der Waals surface area (Å²) in [4.78, 5) is 0. The van der Waals surface area contributed by atoms with Crippen LogP contribution in [0, 0.1) is 0 Å². The van der Waals surface area contributed by atoms with Crippen molar-refractivity contribution in [3.63, 3.8) is 0 Å². The topological polar surface area (TPSA) is 137 Å². The highest BCUT2D eigenvalue weighted by Gasteiger charge is 2.05. The van der Waals surface area contributed by atoms with Crippen molar-refractivity contribution in [3.8, 4) is 0 Å². The van der Waals surface area contributed by atoms with Gasteiger partial charge in [-0.15, -0.1) is 5.10 Å². The Morgan fingerprint density at radius 3 is 2.64 bits per heavy atom. The molecular formula is C5H11N5O3S. The van der Waals surface area contributed by atoms with Gasteiger partial charge in [0.15, 0.2) is 0 Å². The third-order valence-electron chi connectivity index (χ3n) is 1.30. The predicted octanol–water partition coefficient (Wildman–Crippen LogP) is -1.77. The first kappa shape index (κ1) is 10.9. The van der Waals surface area contributed by atoms with E-state index in [0.717, 1.165) is 0 Å². The largest absolute Gasteiger partial charge is 0.407 e. The number of anilines is 1. The van der Waals surface area contributed by atoms with Crippen LogP contribution in [0.4, 0.5) is 6.01 Å². The molecule has 8 nitrogen and oxygen atoms in total. The summed E-state index contributed by atoms with van der Waals surface area (Å²) < 4.78 is 26.0. The van der Waals surface area contributed by atoms with E-state index in [2.05, 4.69) is 15.5 Å². The van der Waals surface area contributed by atoms with E-state index in [-0.39, 0.29) is 30.7 Å². The number of sulfonamides is 1. The third-order valence-corrected chi connectivity index (χ3v) is 2.08. The van der Waals surface area contributed by atoms with Crippen LogP contribution in [0.25, 0.3) is 0 Å². The Bertz CT molecular complexity index is 386. The van der Waals surface area contributed by atoms with Crippen LogP contribution in [0.1, 0.15) is 5.89 Å². The quantitative estimate of drug-likeness (QED) is 0.534. The summed E-state index contributed by atoms with van der Waals surface area (Å²) in [5.41, 5.74) is 5.22. The highest BCUT2D eigenvalue weighted by Crippen LogP contribution is 2.03. The van der Waals surface area contributed by atoms with Gasteiger partial charge in [-0.3, -0.25) is 0 Å². The molecule has 1 heterocycles. The molecule has 0 aliphatic rings. The molecule has 0 bridgehead atoms. The Hall–Kier alpha value is -1.19. The van der Waals surface area contributed by atoms with Crippen LogP contribution < -0.4 is 16.2 Å². The van der Waals surface area contributed by atoms with Crippen molar-refractivity contribution in [1.29, 1.82) is 0 Å². The lowest BCUT2D eigenvalue weighted by Crippen LogP contribution is -2.22. The van der Waals surface area contributed by atoms with Crippen molar-refractivity contribution >= 4 is 16.0 Å². The van der Waals surface area contributed by atoms with Gasteiger partial charge in [-0.2, -0.15) is 0 Å². The molecule has 0 spiro atoms. The van der Waals surface area contributed by atoms with E-state index in [9.17, 15) is 8.42 Å². The summed E-state index contributed by atoms with van der Waals surface area (Å²) in [6.45, 7) is 0.259. The molecule has 0 radical (unpaired) electrons. The maximum absolute atomic E-state index is 10.5. The second-order valence-corrected chi connectivity index (χ2v) is 4.23. The Balaban J connectivity index is 2.39. The average molecular weight is 221 g/mol. The minimum Gasteiger partial charge on any atom is -0.407 e. The van der Waals surface area contributed by atoms with E-state index in [0.29, 0.717) is 0 Å². The number of primary sulfonamides is 1. The van der Waals surface area contributed by atoms with Crippen molar-refractivity contribution in [2.75, 3.05) is 17.6 Å². The molecule has 0 saturated carbocycles. The van der Waals surface area contributed by atoms with Crippen LogP contribution >= 0.6 is 0 Å². The van der Waals surface area contributed by atoms with Crippen molar-refractivity contribution in [2.45, 2.75) is 6.54 Å². The number of nitrogens with zero attached hydrogens (tertiary/aromatic N) is 2. The molecule has 0 aromatic carbocycles. The summed E-state index contributed by atoms with van der Waals surface area (Å²) in [5, 5.41) is 14.5. The van der Waals surface area contributed by atoms with Crippen LogP contribution in [0.15, 0.2) is 4.42 Å². The van der Waals surface area contributed by atoms with E-state index in [1.165, 1.54) is 0 Å². The van der Waals surface area contributed by atoms with Crippen molar-refractivity contribution in [3.05, 3.63) is 5.89 Å². The normalized spacial score (nSPS) is 11.6. The molecule has 80 valence electrons. The third kappa shape index (κ3) is 3.68. The highest BCUT2D eigenvalue weighted by atomic mass is 32.2. The fourth-order valence-corrected chi connectivity index (χ4v) is 1.09. The molecule has 5 N–H and O–H groups in total. The minimum atomic E-state index is -3.47. The van der Waals surface area contributed by atoms with E-state index in [4.69, 9.17) is 15.3 Å². The molecule has 0 saturated heterocycles. The molecule has 1 rings (SSSR count). The van der Waals surface area contributed by atoms with E-state index in [1.807, 2.05) is 0 Å². The Kier molecular flexibility index (Phi) is 3.38. The Labute approximate surface area is 80.7 Å². The molecule has 9 heteroatoms. The van der Waals surface area contributed by atoms with Gasteiger partial charge < -0.3 is 15.5 Å². The van der Waals surface area contributed by atoms with Crippen LogP contribution in [0.2, 0.25) is 0 Å². The van der Waals surface area contributed by atoms with Gasteiger partial charge in [0.2, 0.25) is 15.9 Å². The molecule has 0 amide bonds. The summed E-state index contributed by atoms with van der Waals surface area (Å²) >= 11 is 0. The first-order valence-electron chi connectivity index (χ1n) is 3.78. The van der Waals surface area contributed by atoms with E-state index in [1.54, 1.807) is 0 Å². The lowest BCUT2D eigenvalue weighted by molar-refractivity contribution is 0.508. The van der Waals surface area contributed by atoms with Crippen molar-refractivity contribution in [1.82, 2.24) is 10.2 Å². The fraction of sp³-hybridized carbons (Fsp3) is 0.600. The number of rotatable bonds is 5. The molecule has 14 heavy (non-hydrogen) atoms. The summed E-state index contributed by atoms with van der Waals surface area (Å²) in [7, 11) is -3.47. The maximum atomic E-state index is 10.5. The van der Waals surface area contributed by atoms with E-state index >= 15 is 0 Å². The predicted molar refractivity (Wildman–Crippen MR) is 48.7 cm³/mol. The van der Waals surface area contributed by atoms with Gasteiger partial charge in [0.05, 0.1) is 12.3 Å². The highest BCUT2D eigenvalue weighted by molar-refractivity contribution is 7.89. The number of hydrogen-bond acceptors (Lipinski definition) is 7. The average Bonchev–Trinajstić information content (AvgIpc) is 2.50. The van der Waals surface area contributed by atoms with Gasteiger partial charge in [-0.25, -0.2) is 13.6 Å². The molecule has 0 atom stereocenters. The fourth-order valence-electron chi connectivity index (χ4n) is 0.708. The lowest BCUT2D eigenvalue weighted by atomic mass is 10.7. The van der Waals surface area contributed by atoms with Crippen molar-refractivity contribution in [2.24, 2.45) is 10.9 Å². The summed E-state index contributed by atoms with van der Waals surface area (Å²) in [6, 6.07) is 0.133. The minimum absolute atomic E-state index is 0.116. The monoisotopic (exact) mass is 221 g/mol. The van der Waals surface area contributed by atoms with Gasteiger partial charge in [-0.1, -0.05) is 5.10 Å². The molecule has 0 fully saturated rings. The number of nitrogens with one attached hydrogen (secondary N) is 1. The summed E-state index contributed by atoms with van der Waals surface area (Å²) in [6.07, 6.45) is 0. The molecule has 0 aliphatic heterocycles. The maximum Gasteiger partial charge on any atom is 0.315 e. The van der Waals surface area contributed by atoms with Crippen LogP contribution in [0.3, 0.4) is 0 Å². The second kappa shape index (κ2) is 4.35. The first-order valence-corrected chi connectivity index (χ1v) is 5.49. The SMILES string of the molecule is NCc1nnc(NCCS(N)(=O)=O)o1. The second-order valence-electron chi connectivity index (χ2n) is 2.50. The van der Waals surface area contributed by atoms with Gasteiger partial charge in [0, 0.05) is 6.54 Å². The summed E-state index contributed by atoms with van der Waals surface area (Å²) in [5.74, 6) is 0.0796. The van der Waals surface area contributed by atoms with Crippen LogP contribution in [-0.4, -0.2) is 30.9 Å². The van der Waals surface area contributed by atoms with Gasteiger partial charge in [0.25, 0.3) is 0 Å². The molecule has 0 unspecified atom stereocenters. The van der Waals surface area contributed by atoms with Gasteiger partial charge in [0.1, 0.15) is 0 Å². The van der Waals surface area contributed by atoms with Crippen LogP contribution in [0.5, 0.6) is 0 Å². The zero-order valence-electron chi connectivity index (χ0n) is 7.30. The van der Waals surface area contributed by atoms with Gasteiger partial charge in [-0.05, 0) is 0 Å². The molecular weight excluding hydrogens is 210 g/mol. The smallest absolute Gasteiger partial charge is 0.315 e. The molecule has 1 aromatic rings.